The molecule has 0 saturated heterocycles. The van der Waals surface area contributed by atoms with E-state index in [1.807, 2.05) is 25.5 Å². The van der Waals surface area contributed by atoms with Gasteiger partial charge < -0.3 is 40.3 Å². The summed E-state index contributed by atoms with van der Waals surface area (Å²) in [6.07, 6.45) is 11.4. The van der Waals surface area contributed by atoms with Crippen molar-refractivity contribution in [2.45, 2.75) is 57.4 Å². The lowest BCUT2D eigenvalue weighted by molar-refractivity contribution is -0.159. The maximum absolute atomic E-state index is 13.3. The molecule has 264 valence electrons. The lowest BCUT2D eigenvalue weighted by Gasteiger charge is -2.34. The Labute approximate surface area is 285 Å². The first-order valence-corrected chi connectivity index (χ1v) is 16.5. The van der Waals surface area contributed by atoms with Crippen LogP contribution < -0.4 is 15.4 Å². The standard InChI is InChI=1S/C33H43N5O5.C2H2O4/c1-37-22-27(21-35-37)25-9-7-24(8-10-25)14-19-42-20-15-31(41)38(28-5-3-2-4-6-28)18-17-34-16-13-26-11-12-29(39)32-33(26)43-23-30(40)36-32;3-1(4)2(5)6/h7-12,21-22,28,34,39H,2-6,13-20,23H2,1H3,(H,36,40);(H,3,4)(H,5,6). The van der Waals surface area contributed by atoms with Gasteiger partial charge in [-0.3, -0.25) is 14.3 Å². The second-order valence-corrected chi connectivity index (χ2v) is 12.0. The number of aliphatic carboxylic acids is 2. The number of carboxylic acids is 2. The van der Waals surface area contributed by atoms with Crippen molar-refractivity contribution >= 4 is 29.4 Å². The van der Waals surface area contributed by atoms with E-state index in [4.69, 9.17) is 29.3 Å². The van der Waals surface area contributed by atoms with Crippen LogP contribution in [0.25, 0.3) is 11.1 Å². The highest BCUT2D eigenvalue weighted by Gasteiger charge is 2.25. The zero-order chi connectivity index (χ0) is 35.2. The van der Waals surface area contributed by atoms with Crippen LogP contribution in [-0.2, 0) is 43.8 Å². The number of ether oxygens (including phenoxy) is 2. The van der Waals surface area contributed by atoms with Crippen molar-refractivity contribution in [1.82, 2.24) is 20.0 Å². The Bertz CT molecular complexity index is 1560. The second kappa shape index (κ2) is 18.6. The highest BCUT2D eigenvalue weighted by atomic mass is 16.5. The fourth-order valence-electron chi connectivity index (χ4n) is 5.89. The van der Waals surface area contributed by atoms with Crippen LogP contribution in [-0.4, -0.2) is 99.2 Å². The van der Waals surface area contributed by atoms with Crippen molar-refractivity contribution in [3.8, 4) is 22.6 Å². The van der Waals surface area contributed by atoms with Crippen LogP contribution in [0.2, 0.25) is 0 Å². The summed E-state index contributed by atoms with van der Waals surface area (Å²) in [4.78, 5) is 45.2. The molecule has 49 heavy (non-hydrogen) atoms. The van der Waals surface area contributed by atoms with E-state index in [-0.39, 0.29) is 24.2 Å². The number of aromatic nitrogens is 2. The van der Waals surface area contributed by atoms with Crippen molar-refractivity contribution in [3.05, 3.63) is 59.9 Å². The molecule has 3 aromatic rings. The fraction of sp³-hybridized carbons (Fsp3) is 0.457. The summed E-state index contributed by atoms with van der Waals surface area (Å²) in [6.45, 7) is 2.99. The van der Waals surface area contributed by atoms with Crippen LogP contribution in [0, 0.1) is 0 Å². The number of phenolic OH excluding ortho intramolecular Hbond substituents is 1. The summed E-state index contributed by atoms with van der Waals surface area (Å²) < 4.78 is 13.3. The van der Waals surface area contributed by atoms with Crippen molar-refractivity contribution < 1.29 is 44.0 Å². The van der Waals surface area contributed by atoms with Crippen molar-refractivity contribution in [3.63, 3.8) is 0 Å². The minimum atomic E-state index is -1.82. The predicted octanol–water partition coefficient (Wildman–Crippen LogP) is 3.22. The summed E-state index contributed by atoms with van der Waals surface area (Å²) >= 11 is 0. The van der Waals surface area contributed by atoms with Gasteiger partial charge in [0.2, 0.25) is 5.91 Å². The van der Waals surface area contributed by atoms with Gasteiger partial charge in [-0.05, 0) is 55.0 Å². The van der Waals surface area contributed by atoms with Gasteiger partial charge in [-0.1, -0.05) is 49.6 Å². The molecule has 14 nitrogen and oxygen atoms in total. The zero-order valence-electron chi connectivity index (χ0n) is 27.7. The molecule has 5 N–H and O–H groups in total. The Morgan fingerprint density at radius 3 is 2.41 bits per heavy atom. The molecular formula is C35H45N5O9. The SMILES string of the molecule is Cn1cc(-c2ccc(CCOCCC(=O)N(CCNCCc3ccc(O)c4c3OCC(=O)N4)C3CCCCC3)cc2)cn1.O=C(O)C(=O)O. The molecule has 0 radical (unpaired) electrons. The van der Waals surface area contributed by atoms with Gasteiger partial charge in [-0.25, -0.2) is 9.59 Å². The predicted molar refractivity (Wildman–Crippen MR) is 180 cm³/mol. The Morgan fingerprint density at radius 2 is 1.73 bits per heavy atom. The summed E-state index contributed by atoms with van der Waals surface area (Å²) in [7, 11) is 1.91. The third kappa shape index (κ3) is 11.3. The van der Waals surface area contributed by atoms with E-state index in [1.165, 1.54) is 24.8 Å². The number of nitrogens with zero attached hydrogens (tertiary/aromatic N) is 3. The van der Waals surface area contributed by atoms with Gasteiger partial charge in [0.25, 0.3) is 5.91 Å². The number of aromatic hydroxyl groups is 1. The molecule has 0 spiro atoms. The van der Waals surface area contributed by atoms with Crippen LogP contribution in [0.4, 0.5) is 5.69 Å². The lowest BCUT2D eigenvalue weighted by atomic mass is 9.94. The zero-order valence-corrected chi connectivity index (χ0v) is 27.7. The van der Waals surface area contributed by atoms with Crippen molar-refractivity contribution in [2.75, 3.05) is 44.8 Å². The van der Waals surface area contributed by atoms with E-state index in [0.29, 0.717) is 63.2 Å². The van der Waals surface area contributed by atoms with Crippen LogP contribution in [0.15, 0.2) is 48.8 Å². The molecule has 2 aliphatic rings. The molecule has 2 heterocycles. The quantitative estimate of drug-likeness (QED) is 0.0955. The molecule has 1 saturated carbocycles. The highest BCUT2D eigenvalue weighted by Crippen LogP contribution is 2.39. The number of carbonyl (C=O) groups excluding carboxylic acids is 2. The summed E-state index contributed by atoms with van der Waals surface area (Å²) in [6, 6.07) is 12.2. The van der Waals surface area contributed by atoms with Gasteiger partial charge in [0.05, 0.1) is 25.8 Å². The minimum Gasteiger partial charge on any atom is -0.506 e. The molecular weight excluding hydrogens is 634 g/mol. The Kier molecular flexibility index (Phi) is 14.0. The Morgan fingerprint density at radius 1 is 1.00 bits per heavy atom. The number of benzene rings is 2. The number of nitrogens with one attached hydrogen (secondary N) is 2. The van der Waals surface area contributed by atoms with Gasteiger partial charge >= 0.3 is 11.9 Å². The number of rotatable bonds is 14. The van der Waals surface area contributed by atoms with Crippen LogP contribution in [0.1, 0.15) is 49.7 Å². The molecule has 1 aromatic heterocycles. The molecule has 0 unspecified atom stereocenters. The fourth-order valence-corrected chi connectivity index (χ4v) is 5.89. The van der Waals surface area contributed by atoms with Gasteiger partial charge in [0.15, 0.2) is 12.4 Å². The Hall–Kier alpha value is -4.95. The van der Waals surface area contributed by atoms with Crippen LogP contribution in [0.3, 0.4) is 0 Å². The van der Waals surface area contributed by atoms with Gasteiger partial charge in [-0.15, -0.1) is 0 Å². The second-order valence-electron chi connectivity index (χ2n) is 12.0. The third-order valence-electron chi connectivity index (χ3n) is 8.44. The molecule has 1 fully saturated rings. The first-order chi connectivity index (χ1) is 23.6. The maximum Gasteiger partial charge on any atom is 0.414 e. The third-order valence-corrected chi connectivity index (χ3v) is 8.44. The number of carbonyl (C=O) groups is 4. The molecule has 5 rings (SSSR count). The van der Waals surface area contributed by atoms with Gasteiger partial charge in [0.1, 0.15) is 11.4 Å². The molecule has 14 heteroatoms. The molecule has 1 aliphatic heterocycles. The van der Waals surface area contributed by atoms with E-state index in [0.717, 1.165) is 36.0 Å². The minimum absolute atomic E-state index is 0.000764. The number of amides is 2. The smallest absolute Gasteiger partial charge is 0.414 e. The monoisotopic (exact) mass is 679 g/mol. The number of fused-ring (bicyclic) bond motifs is 1. The number of phenols is 1. The van der Waals surface area contributed by atoms with Crippen molar-refractivity contribution in [1.29, 1.82) is 0 Å². The molecule has 2 amide bonds. The molecule has 0 bridgehead atoms. The van der Waals surface area contributed by atoms with Crippen LogP contribution in [0.5, 0.6) is 11.5 Å². The normalized spacial score (nSPS) is 14.1. The van der Waals surface area contributed by atoms with Gasteiger partial charge in [0, 0.05) is 37.9 Å². The van der Waals surface area contributed by atoms with E-state index in [9.17, 15) is 14.7 Å². The van der Waals surface area contributed by atoms with E-state index in [1.54, 1.807) is 10.7 Å². The van der Waals surface area contributed by atoms with Gasteiger partial charge in [-0.2, -0.15) is 5.10 Å². The number of hydrogen-bond acceptors (Lipinski definition) is 9. The largest absolute Gasteiger partial charge is 0.506 e. The summed E-state index contributed by atoms with van der Waals surface area (Å²) in [5.41, 5.74) is 4.70. The number of carboxylic acid groups (broad SMARTS) is 2. The number of anilines is 1. The summed E-state index contributed by atoms with van der Waals surface area (Å²) in [5.74, 6) is -3.23. The van der Waals surface area contributed by atoms with E-state index < -0.39 is 11.9 Å². The first-order valence-electron chi connectivity index (χ1n) is 16.5. The average Bonchev–Trinajstić information content (AvgIpc) is 3.54. The van der Waals surface area contributed by atoms with Crippen molar-refractivity contribution in [2.24, 2.45) is 7.05 Å². The van der Waals surface area contributed by atoms with E-state index in [2.05, 4.69) is 44.9 Å². The van der Waals surface area contributed by atoms with E-state index >= 15 is 0 Å². The topological polar surface area (TPSA) is 193 Å². The number of aryl methyl sites for hydroxylation is 1. The summed E-state index contributed by atoms with van der Waals surface area (Å²) in [5, 5.41) is 35.2. The molecule has 1 aliphatic carbocycles. The average molecular weight is 680 g/mol. The van der Waals surface area contributed by atoms with Crippen LogP contribution >= 0.6 is 0 Å². The Balaban J connectivity index is 0.000000827. The molecule has 0 atom stereocenters. The number of hydrogen-bond donors (Lipinski definition) is 5. The molecule has 2 aromatic carbocycles. The lowest BCUT2D eigenvalue weighted by Crippen LogP contribution is -2.45. The first kappa shape index (κ1) is 36.9. The maximum atomic E-state index is 13.3. The highest BCUT2D eigenvalue weighted by molar-refractivity contribution is 6.27.